The quantitative estimate of drug-likeness (QED) is 0.706. The number of rotatable bonds is 5. The molecule has 4 heteroatoms. The van der Waals surface area contributed by atoms with Crippen LogP contribution in [0.25, 0.3) is 0 Å². The van der Waals surface area contributed by atoms with Crippen molar-refractivity contribution in [3.63, 3.8) is 0 Å². The Balaban J connectivity index is 2.29. The Labute approximate surface area is 91.5 Å². The molecule has 0 saturated carbocycles. The zero-order chi connectivity index (χ0) is 11.3. The molecule has 4 nitrogen and oxygen atoms in total. The van der Waals surface area contributed by atoms with Gasteiger partial charge in [0.05, 0.1) is 0 Å². The van der Waals surface area contributed by atoms with Crippen LogP contribution >= 0.6 is 0 Å². The summed E-state index contributed by atoms with van der Waals surface area (Å²) in [7, 11) is 0. The maximum atomic E-state index is 11.8. The van der Waals surface area contributed by atoms with Crippen LogP contribution in [0.1, 0.15) is 33.1 Å². The Hall–Kier alpha value is -0.610. The van der Waals surface area contributed by atoms with E-state index in [0.717, 1.165) is 19.3 Å². The normalized spacial score (nSPS) is 27.7. The topological polar surface area (TPSA) is 64.3 Å². The Kier molecular flexibility index (Phi) is 4.54. The molecule has 0 radical (unpaired) electrons. The number of hydrogen-bond donors (Lipinski definition) is 2. The van der Waals surface area contributed by atoms with Crippen molar-refractivity contribution in [1.82, 2.24) is 5.32 Å². The summed E-state index contributed by atoms with van der Waals surface area (Å²) >= 11 is 0. The minimum absolute atomic E-state index is 0.0175. The van der Waals surface area contributed by atoms with E-state index in [1.807, 2.05) is 6.92 Å². The van der Waals surface area contributed by atoms with Crippen molar-refractivity contribution >= 4 is 5.91 Å². The van der Waals surface area contributed by atoms with E-state index in [4.69, 9.17) is 10.5 Å². The summed E-state index contributed by atoms with van der Waals surface area (Å²) in [5.74, 6) is 0.452. The van der Waals surface area contributed by atoms with Crippen LogP contribution in [0.15, 0.2) is 0 Å². The smallest absolute Gasteiger partial charge is 0.251 e. The molecule has 1 fully saturated rings. The van der Waals surface area contributed by atoms with E-state index in [1.165, 1.54) is 0 Å². The van der Waals surface area contributed by atoms with Gasteiger partial charge < -0.3 is 15.8 Å². The molecule has 0 bridgehead atoms. The summed E-state index contributed by atoms with van der Waals surface area (Å²) in [4.78, 5) is 11.8. The van der Waals surface area contributed by atoms with E-state index in [-0.39, 0.29) is 5.91 Å². The first-order chi connectivity index (χ1) is 7.08. The van der Waals surface area contributed by atoms with E-state index < -0.39 is 5.60 Å². The number of amides is 1. The number of carbonyl (C=O) groups is 1. The number of nitrogens with two attached hydrogens (primary N) is 1. The molecule has 2 atom stereocenters. The lowest BCUT2D eigenvalue weighted by molar-refractivity contribution is -0.139. The van der Waals surface area contributed by atoms with E-state index in [2.05, 4.69) is 12.2 Å². The van der Waals surface area contributed by atoms with Crippen LogP contribution in [0.3, 0.4) is 0 Å². The highest BCUT2D eigenvalue weighted by atomic mass is 16.5. The van der Waals surface area contributed by atoms with Crippen LogP contribution in [-0.4, -0.2) is 31.2 Å². The number of carbonyl (C=O) groups excluding carboxylic acids is 1. The maximum absolute atomic E-state index is 11.8. The first-order valence-electron chi connectivity index (χ1n) is 5.71. The van der Waals surface area contributed by atoms with Crippen LogP contribution in [0.4, 0.5) is 0 Å². The molecule has 1 amide bonds. The molecular formula is C11H22N2O2. The van der Waals surface area contributed by atoms with Gasteiger partial charge in [0, 0.05) is 13.2 Å². The summed E-state index contributed by atoms with van der Waals surface area (Å²) in [6, 6.07) is 0. The van der Waals surface area contributed by atoms with Gasteiger partial charge in [0.1, 0.15) is 5.60 Å². The minimum atomic E-state index is -0.595. The fraction of sp³-hybridized carbons (Fsp3) is 0.909. The minimum Gasteiger partial charge on any atom is -0.365 e. The lowest BCUT2D eigenvalue weighted by Crippen LogP contribution is -2.45. The number of hydrogen-bond acceptors (Lipinski definition) is 3. The van der Waals surface area contributed by atoms with Crippen molar-refractivity contribution in [3.8, 4) is 0 Å². The zero-order valence-corrected chi connectivity index (χ0v) is 9.71. The molecule has 1 saturated heterocycles. The second-order valence-corrected chi connectivity index (χ2v) is 4.58. The molecule has 0 aromatic carbocycles. The molecule has 0 aromatic heterocycles. The highest BCUT2D eigenvalue weighted by Crippen LogP contribution is 2.24. The van der Waals surface area contributed by atoms with Gasteiger partial charge in [-0.05, 0) is 38.6 Å². The van der Waals surface area contributed by atoms with Crippen molar-refractivity contribution in [2.24, 2.45) is 11.7 Å². The molecule has 88 valence electrons. The standard InChI is InChI=1S/C11H22N2O2/c1-9(4-6-12)8-13-10(14)11(2)5-3-7-15-11/h9H,3-8,12H2,1-2H3,(H,13,14). The summed E-state index contributed by atoms with van der Waals surface area (Å²) in [5, 5.41) is 2.93. The Morgan fingerprint density at radius 1 is 1.67 bits per heavy atom. The molecule has 2 unspecified atom stereocenters. The molecule has 0 spiro atoms. The van der Waals surface area contributed by atoms with Gasteiger partial charge in [-0.1, -0.05) is 6.92 Å². The van der Waals surface area contributed by atoms with E-state index in [0.29, 0.717) is 25.6 Å². The first kappa shape index (κ1) is 12.5. The monoisotopic (exact) mass is 214 g/mol. The summed E-state index contributed by atoms with van der Waals surface area (Å²) in [6.07, 6.45) is 2.74. The van der Waals surface area contributed by atoms with Crippen molar-refractivity contribution < 1.29 is 9.53 Å². The van der Waals surface area contributed by atoms with Crippen molar-refractivity contribution in [2.75, 3.05) is 19.7 Å². The van der Waals surface area contributed by atoms with Gasteiger partial charge in [-0.25, -0.2) is 0 Å². The Bertz CT molecular complexity index is 213. The van der Waals surface area contributed by atoms with Crippen LogP contribution in [-0.2, 0) is 9.53 Å². The third-order valence-electron chi connectivity index (χ3n) is 2.97. The van der Waals surface area contributed by atoms with Crippen LogP contribution in [0, 0.1) is 5.92 Å². The third kappa shape index (κ3) is 3.47. The molecule has 3 N–H and O–H groups in total. The Morgan fingerprint density at radius 2 is 2.40 bits per heavy atom. The SMILES string of the molecule is CC(CCN)CNC(=O)C1(C)CCCO1. The molecule has 0 aromatic rings. The van der Waals surface area contributed by atoms with Gasteiger partial charge in [0.25, 0.3) is 5.91 Å². The van der Waals surface area contributed by atoms with Gasteiger partial charge >= 0.3 is 0 Å². The van der Waals surface area contributed by atoms with Gasteiger partial charge in [0.2, 0.25) is 0 Å². The predicted molar refractivity (Wildman–Crippen MR) is 59.4 cm³/mol. The molecule has 1 heterocycles. The predicted octanol–water partition coefficient (Wildman–Crippen LogP) is 0.657. The molecule has 0 aliphatic carbocycles. The second-order valence-electron chi connectivity index (χ2n) is 4.58. The van der Waals surface area contributed by atoms with Crippen molar-refractivity contribution in [1.29, 1.82) is 0 Å². The molecular weight excluding hydrogens is 192 g/mol. The van der Waals surface area contributed by atoms with Crippen LogP contribution < -0.4 is 11.1 Å². The second kappa shape index (κ2) is 5.47. The van der Waals surface area contributed by atoms with E-state index in [9.17, 15) is 4.79 Å². The van der Waals surface area contributed by atoms with Gasteiger partial charge in [-0.15, -0.1) is 0 Å². The van der Waals surface area contributed by atoms with Gasteiger partial charge in [0.15, 0.2) is 0 Å². The Morgan fingerprint density at radius 3 is 2.93 bits per heavy atom. The highest BCUT2D eigenvalue weighted by molar-refractivity contribution is 5.84. The van der Waals surface area contributed by atoms with Gasteiger partial charge in [-0.2, -0.15) is 0 Å². The molecule has 1 rings (SSSR count). The van der Waals surface area contributed by atoms with Gasteiger partial charge in [-0.3, -0.25) is 4.79 Å². The average molecular weight is 214 g/mol. The van der Waals surface area contributed by atoms with E-state index in [1.54, 1.807) is 0 Å². The fourth-order valence-electron chi connectivity index (χ4n) is 1.80. The molecule has 15 heavy (non-hydrogen) atoms. The summed E-state index contributed by atoms with van der Waals surface area (Å²) < 4.78 is 5.46. The third-order valence-corrected chi connectivity index (χ3v) is 2.97. The first-order valence-corrected chi connectivity index (χ1v) is 5.71. The maximum Gasteiger partial charge on any atom is 0.251 e. The highest BCUT2D eigenvalue weighted by Gasteiger charge is 2.37. The van der Waals surface area contributed by atoms with Crippen molar-refractivity contribution in [2.45, 2.75) is 38.7 Å². The summed E-state index contributed by atoms with van der Waals surface area (Å²) in [5.41, 5.74) is 4.85. The lowest BCUT2D eigenvalue weighted by Gasteiger charge is -2.23. The zero-order valence-electron chi connectivity index (χ0n) is 9.71. The van der Waals surface area contributed by atoms with Crippen LogP contribution in [0.2, 0.25) is 0 Å². The van der Waals surface area contributed by atoms with Crippen molar-refractivity contribution in [3.05, 3.63) is 0 Å². The number of nitrogens with one attached hydrogen (secondary N) is 1. The summed E-state index contributed by atoms with van der Waals surface area (Å²) in [6.45, 7) is 6.01. The molecule has 1 aliphatic rings. The number of ether oxygens (including phenoxy) is 1. The molecule has 1 aliphatic heterocycles. The van der Waals surface area contributed by atoms with E-state index >= 15 is 0 Å². The van der Waals surface area contributed by atoms with Crippen LogP contribution in [0.5, 0.6) is 0 Å². The fourth-order valence-corrected chi connectivity index (χ4v) is 1.80. The lowest BCUT2D eigenvalue weighted by atomic mass is 10.0. The largest absolute Gasteiger partial charge is 0.365 e. The average Bonchev–Trinajstić information content (AvgIpc) is 2.63.